The minimum atomic E-state index is -0.573. The highest BCUT2D eigenvalue weighted by Crippen LogP contribution is 2.28. The summed E-state index contributed by atoms with van der Waals surface area (Å²) in [7, 11) is 1.31. The molecule has 3 aromatic rings. The lowest BCUT2D eigenvalue weighted by Crippen LogP contribution is -2.12. The average molecular weight is 414 g/mol. The number of hydrogen-bond donors (Lipinski definition) is 1. The number of rotatable bonds is 8. The fourth-order valence-electron chi connectivity index (χ4n) is 2.51. The first kappa shape index (κ1) is 20.2. The lowest BCUT2D eigenvalue weighted by Gasteiger charge is -2.05. The number of aromatic nitrogens is 2. The van der Waals surface area contributed by atoms with Crippen molar-refractivity contribution in [3.63, 3.8) is 0 Å². The molecule has 1 heterocycles. The fourth-order valence-corrected chi connectivity index (χ4v) is 3.22. The standard InChI is InChI=1S/C19H18N4O5S/c1-12-4-3-5-14(10-12)28-9-8-17-21-22-19(29-17)20-18(24)13-6-7-15(23(25)26)16(11-13)27-2/h3-7,10-11H,8-9H2,1-2H3,(H,20,22,24). The van der Waals surface area contributed by atoms with Gasteiger partial charge in [0.25, 0.3) is 5.91 Å². The van der Waals surface area contributed by atoms with Crippen LogP contribution in [0.5, 0.6) is 11.5 Å². The molecule has 2 aromatic carbocycles. The molecule has 0 aliphatic carbocycles. The first-order chi connectivity index (χ1) is 14.0. The number of aryl methyl sites for hydroxylation is 1. The van der Waals surface area contributed by atoms with Crippen LogP contribution in [0.15, 0.2) is 42.5 Å². The molecule has 0 aliphatic heterocycles. The van der Waals surface area contributed by atoms with Gasteiger partial charge in [-0.05, 0) is 30.7 Å². The first-order valence-electron chi connectivity index (χ1n) is 8.62. The zero-order valence-electron chi connectivity index (χ0n) is 15.7. The number of methoxy groups -OCH3 is 1. The minimum Gasteiger partial charge on any atom is -0.493 e. The first-order valence-corrected chi connectivity index (χ1v) is 9.43. The maximum Gasteiger partial charge on any atom is 0.310 e. The molecule has 0 bridgehead atoms. The molecule has 29 heavy (non-hydrogen) atoms. The number of nitrogens with zero attached hydrogens (tertiary/aromatic N) is 3. The summed E-state index contributed by atoms with van der Waals surface area (Å²) in [6.45, 7) is 2.43. The summed E-state index contributed by atoms with van der Waals surface area (Å²) < 4.78 is 10.7. The molecule has 0 fully saturated rings. The number of carbonyl (C=O) groups excluding carboxylic acids is 1. The van der Waals surface area contributed by atoms with E-state index >= 15 is 0 Å². The van der Waals surface area contributed by atoms with Gasteiger partial charge >= 0.3 is 5.69 Å². The fraction of sp³-hybridized carbons (Fsp3) is 0.211. The monoisotopic (exact) mass is 414 g/mol. The molecular weight excluding hydrogens is 396 g/mol. The van der Waals surface area contributed by atoms with Gasteiger partial charge in [-0.25, -0.2) is 0 Å². The Bertz CT molecular complexity index is 1040. The summed E-state index contributed by atoms with van der Waals surface area (Å²) in [6.07, 6.45) is 0.548. The second-order valence-corrected chi connectivity index (χ2v) is 7.08. The predicted molar refractivity (Wildman–Crippen MR) is 108 cm³/mol. The van der Waals surface area contributed by atoms with Crippen molar-refractivity contribution in [2.45, 2.75) is 13.3 Å². The maximum absolute atomic E-state index is 12.4. The Morgan fingerprint density at radius 2 is 2.07 bits per heavy atom. The summed E-state index contributed by atoms with van der Waals surface area (Å²) in [6, 6.07) is 11.6. The molecule has 0 saturated heterocycles. The summed E-state index contributed by atoms with van der Waals surface area (Å²) >= 11 is 1.24. The normalized spacial score (nSPS) is 10.4. The van der Waals surface area contributed by atoms with E-state index in [0.29, 0.717) is 23.2 Å². The van der Waals surface area contributed by atoms with E-state index < -0.39 is 10.8 Å². The molecule has 1 N–H and O–H groups in total. The van der Waals surface area contributed by atoms with Gasteiger partial charge in [0.2, 0.25) is 5.13 Å². The van der Waals surface area contributed by atoms with E-state index in [1.165, 1.54) is 36.6 Å². The van der Waals surface area contributed by atoms with Crippen molar-refractivity contribution in [2.75, 3.05) is 19.0 Å². The van der Waals surface area contributed by atoms with E-state index in [4.69, 9.17) is 9.47 Å². The van der Waals surface area contributed by atoms with Crippen molar-refractivity contribution >= 4 is 28.1 Å². The van der Waals surface area contributed by atoms with E-state index in [0.717, 1.165) is 11.3 Å². The van der Waals surface area contributed by atoms with Crippen LogP contribution in [0, 0.1) is 17.0 Å². The number of nitrogens with one attached hydrogen (secondary N) is 1. The van der Waals surface area contributed by atoms with Gasteiger partial charge in [0.15, 0.2) is 5.75 Å². The Labute approximate surface area is 170 Å². The van der Waals surface area contributed by atoms with Gasteiger partial charge in [0.05, 0.1) is 18.6 Å². The van der Waals surface area contributed by atoms with Gasteiger partial charge in [0, 0.05) is 24.1 Å². The zero-order valence-corrected chi connectivity index (χ0v) is 16.6. The lowest BCUT2D eigenvalue weighted by molar-refractivity contribution is -0.385. The summed E-state index contributed by atoms with van der Waals surface area (Å²) in [5.74, 6) is 0.334. The van der Waals surface area contributed by atoms with Crippen LogP contribution in [-0.4, -0.2) is 34.7 Å². The van der Waals surface area contributed by atoms with Gasteiger partial charge < -0.3 is 9.47 Å². The number of nitro benzene ring substituents is 1. The quantitative estimate of drug-likeness (QED) is 0.442. The third-order valence-corrected chi connectivity index (χ3v) is 4.80. The smallest absolute Gasteiger partial charge is 0.310 e. The van der Waals surface area contributed by atoms with Crippen LogP contribution in [0.2, 0.25) is 0 Å². The van der Waals surface area contributed by atoms with E-state index in [9.17, 15) is 14.9 Å². The number of anilines is 1. The van der Waals surface area contributed by atoms with Crippen LogP contribution in [0.4, 0.5) is 10.8 Å². The highest BCUT2D eigenvalue weighted by molar-refractivity contribution is 7.15. The molecule has 0 unspecified atom stereocenters. The Balaban J connectivity index is 1.58. The average Bonchev–Trinajstić information content (AvgIpc) is 3.14. The molecule has 0 saturated carbocycles. The van der Waals surface area contributed by atoms with E-state index in [-0.39, 0.29) is 17.0 Å². The van der Waals surface area contributed by atoms with Gasteiger partial charge in [-0.2, -0.15) is 0 Å². The van der Waals surface area contributed by atoms with Crippen molar-refractivity contribution in [3.05, 3.63) is 68.7 Å². The molecular formula is C19H18N4O5S. The number of carbonyl (C=O) groups is 1. The molecule has 9 nitrogen and oxygen atoms in total. The molecule has 10 heteroatoms. The molecule has 1 aromatic heterocycles. The molecule has 0 spiro atoms. The Kier molecular flexibility index (Phi) is 6.35. The number of hydrogen-bond acceptors (Lipinski definition) is 8. The number of nitro groups is 1. The highest BCUT2D eigenvalue weighted by Gasteiger charge is 2.18. The Morgan fingerprint density at radius 3 is 2.79 bits per heavy atom. The Hall–Kier alpha value is -3.53. The Morgan fingerprint density at radius 1 is 1.24 bits per heavy atom. The predicted octanol–water partition coefficient (Wildman–Crippen LogP) is 3.64. The summed E-state index contributed by atoms with van der Waals surface area (Å²) in [5.41, 5.74) is 1.12. The third-order valence-electron chi connectivity index (χ3n) is 3.90. The van der Waals surface area contributed by atoms with Crippen LogP contribution in [0.25, 0.3) is 0 Å². The SMILES string of the molecule is COc1cc(C(=O)Nc2nnc(CCOc3cccc(C)c3)s2)ccc1[N+](=O)[O-]. The highest BCUT2D eigenvalue weighted by atomic mass is 32.1. The van der Waals surface area contributed by atoms with Crippen LogP contribution >= 0.6 is 11.3 Å². The van der Waals surface area contributed by atoms with Gasteiger partial charge in [-0.1, -0.05) is 23.5 Å². The lowest BCUT2D eigenvalue weighted by atomic mass is 10.2. The van der Waals surface area contributed by atoms with Crippen molar-refractivity contribution in [3.8, 4) is 11.5 Å². The summed E-state index contributed by atoms with van der Waals surface area (Å²) in [5, 5.41) is 22.6. The van der Waals surface area contributed by atoms with Gasteiger partial charge in [-0.15, -0.1) is 10.2 Å². The second kappa shape index (κ2) is 9.11. The van der Waals surface area contributed by atoms with Crippen LogP contribution in [0.1, 0.15) is 20.9 Å². The van der Waals surface area contributed by atoms with Crippen molar-refractivity contribution < 1.29 is 19.2 Å². The molecule has 0 radical (unpaired) electrons. The van der Waals surface area contributed by atoms with Crippen molar-refractivity contribution in [1.29, 1.82) is 0 Å². The van der Waals surface area contributed by atoms with Crippen molar-refractivity contribution in [2.24, 2.45) is 0 Å². The van der Waals surface area contributed by atoms with Crippen molar-refractivity contribution in [1.82, 2.24) is 10.2 Å². The minimum absolute atomic E-state index is 0.00824. The van der Waals surface area contributed by atoms with Gasteiger partial charge in [-0.3, -0.25) is 20.2 Å². The van der Waals surface area contributed by atoms with Crippen LogP contribution in [0.3, 0.4) is 0 Å². The molecule has 0 atom stereocenters. The largest absolute Gasteiger partial charge is 0.493 e. The third kappa shape index (κ3) is 5.26. The number of ether oxygens (including phenoxy) is 2. The molecule has 3 rings (SSSR count). The topological polar surface area (TPSA) is 116 Å². The molecule has 150 valence electrons. The van der Waals surface area contributed by atoms with E-state index in [1.807, 2.05) is 31.2 Å². The maximum atomic E-state index is 12.4. The number of benzene rings is 2. The second-order valence-electron chi connectivity index (χ2n) is 6.01. The zero-order chi connectivity index (χ0) is 20.8. The number of amides is 1. The summed E-state index contributed by atoms with van der Waals surface area (Å²) in [4.78, 5) is 22.8. The van der Waals surface area contributed by atoms with E-state index in [1.54, 1.807) is 0 Å². The molecule has 1 amide bonds. The van der Waals surface area contributed by atoms with Gasteiger partial charge in [0.1, 0.15) is 10.8 Å². The van der Waals surface area contributed by atoms with Crippen LogP contribution < -0.4 is 14.8 Å². The molecule has 0 aliphatic rings. The van der Waals surface area contributed by atoms with E-state index in [2.05, 4.69) is 15.5 Å². The van der Waals surface area contributed by atoms with Crippen LogP contribution in [-0.2, 0) is 6.42 Å².